The molecule has 0 aliphatic carbocycles. The molecule has 0 saturated heterocycles. The number of benzene rings is 1. The summed E-state index contributed by atoms with van der Waals surface area (Å²) in [6, 6.07) is 6.18. The lowest BCUT2D eigenvalue weighted by Gasteiger charge is -1.99. The van der Waals surface area contributed by atoms with Crippen molar-refractivity contribution in [2.75, 3.05) is 5.75 Å². The van der Waals surface area contributed by atoms with Gasteiger partial charge in [-0.05, 0) is 23.8 Å². The van der Waals surface area contributed by atoms with Gasteiger partial charge in [-0.2, -0.15) is 0 Å². The molecule has 1 aliphatic rings. The molecule has 1 aromatic carbocycles. The maximum absolute atomic E-state index is 12.6. The van der Waals surface area contributed by atoms with Crippen LogP contribution in [-0.2, 0) is 4.79 Å². The lowest BCUT2D eigenvalue weighted by Crippen LogP contribution is -1.86. The number of thioether (sulfide) groups is 1. The fourth-order valence-electron chi connectivity index (χ4n) is 1.16. The summed E-state index contributed by atoms with van der Waals surface area (Å²) in [5.74, 6) is 0.384. The zero-order chi connectivity index (χ0) is 9.26. The summed E-state index contributed by atoms with van der Waals surface area (Å²) >= 11 is 1.50. The molecule has 0 bridgehead atoms. The second-order valence-corrected chi connectivity index (χ2v) is 3.79. The Balaban J connectivity index is 2.31. The average molecular weight is 194 g/mol. The largest absolute Gasteiger partial charge is 0.294 e. The second kappa shape index (κ2) is 3.34. The molecule has 3 heteroatoms. The number of rotatable bonds is 1. The van der Waals surface area contributed by atoms with Crippen molar-refractivity contribution in [1.29, 1.82) is 0 Å². The van der Waals surface area contributed by atoms with Gasteiger partial charge in [0.25, 0.3) is 0 Å². The van der Waals surface area contributed by atoms with Gasteiger partial charge in [-0.3, -0.25) is 4.79 Å². The predicted octanol–water partition coefficient (Wildman–Crippen LogP) is 2.48. The van der Waals surface area contributed by atoms with Crippen molar-refractivity contribution in [3.63, 3.8) is 0 Å². The molecule has 0 N–H and O–H groups in total. The minimum atomic E-state index is -0.251. The van der Waals surface area contributed by atoms with E-state index >= 15 is 0 Å². The van der Waals surface area contributed by atoms with Crippen molar-refractivity contribution in [3.05, 3.63) is 41.7 Å². The topological polar surface area (TPSA) is 17.1 Å². The Kier molecular flexibility index (Phi) is 2.19. The zero-order valence-electron chi connectivity index (χ0n) is 6.79. The third-order valence-corrected chi connectivity index (χ3v) is 2.88. The molecule has 0 saturated carbocycles. The third-order valence-electron chi connectivity index (χ3n) is 1.79. The molecular weight excluding hydrogens is 187 g/mol. The molecule has 1 aliphatic heterocycles. The van der Waals surface area contributed by atoms with E-state index in [4.69, 9.17) is 0 Å². The highest BCUT2D eigenvalue weighted by Crippen LogP contribution is 2.32. The van der Waals surface area contributed by atoms with Crippen LogP contribution < -0.4 is 0 Å². The standard InChI is InChI=1S/C10H7FOS/c11-8-3-1-7(2-4-8)10-5-9(12)6-13-10/h1-5H,6H2. The van der Waals surface area contributed by atoms with E-state index in [1.807, 2.05) is 0 Å². The number of hydrogen-bond acceptors (Lipinski definition) is 2. The molecule has 66 valence electrons. The van der Waals surface area contributed by atoms with Gasteiger partial charge < -0.3 is 0 Å². The smallest absolute Gasteiger partial charge is 0.167 e. The average Bonchev–Trinajstić information content (AvgIpc) is 2.53. The van der Waals surface area contributed by atoms with Crippen LogP contribution in [0.1, 0.15) is 5.56 Å². The van der Waals surface area contributed by atoms with Crippen molar-refractivity contribution >= 4 is 22.5 Å². The molecule has 0 aromatic heterocycles. The van der Waals surface area contributed by atoms with Gasteiger partial charge in [-0.1, -0.05) is 12.1 Å². The zero-order valence-corrected chi connectivity index (χ0v) is 7.60. The summed E-state index contributed by atoms with van der Waals surface area (Å²) < 4.78 is 12.6. The Hall–Kier alpha value is -1.09. The highest BCUT2D eigenvalue weighted by Gasteiger charge is 2.13. The highest BCUT2D eigenvalue weighted by atomic mass is 32.2. The Morgan fingerprint density at radius 3 is 2.46 bits per heavy atom. The number of carbonyl (C=O) groups is 1. The molecule has 0 unspecified atom stereocenters. The fourth-order valence-corrected chi connectivity index (χ4v) is 2.06. The molecular formula is C10H7FOS. The minimum absolute atomic E-state index is 0.129. The predicted molar refractivity (Wildman–Crippen MR) is 51.8 cm³/mol. The van der Waals surface area contributed by atoms with Gasteiger partial charge in [-0.15, -0.1) is 11.8 Å². The molecule has 2 rings (SSSR count). The summed E-state index contributed by atoms with van der Waals surface area (Å²) in [5.41, 5.74) is 0.914. The molecule has 0 spiro atoms. The van der Waals surface area contributed by atoms with Crippen LogP contribution in [-0.4, -0.2) is 11.5 Å². The van der Waals surface area contributed by atoms with Crippen LogP contribution in [0.3, 0.4) is 0 Å². The molecule has 1 nitrogen and oxygen atoms in total. The quantitative estimate of drug-likeness (QED) is 0.683. The second-order valence-electron chi connectivity index (χ2n) is 2.77. The molecule has 0 fully saturated rings. The van der Waals surface area contributed by atoms with Crippen LogP contribution in [0.5, 0.6) is 0 Å². The van der Waals surface area contributed by atoms with Gasteiger partial charge in [0.15, 0.2) is 5.78 Å². The van der Waals surface area contributed by atoms with E-state index in [1.54, 1.807) is 18.2 Å². The van der Waals surface area contributed by atoms with E-state index in [-0.39, 0.29) is 11.6 Å². The lowest BCUT2D eigenvalue weighted by atomic mass is 10.2. The van der Waals surface area contributed by atoms with E-state index in [0.29, 0.717) is 5.75 Å². The van der Waals surface area contributed by atoms with Gasteiger partial charge in [0.2, 0.25) is 0 Å². The maximum atomic E-state index is 12.6. The van der Waals surface area contributed by atoms with Gasteiger partial charge in [0, 0.05) is 4.91 Å². The number of carbonyl (C=O) groups excluding carboxylic acids is 1. The first-order valence-electron chi connectivity index (χ1n) is 3.89. The molecule has 0 radical (unpaired) electrons. The van der Waals surface area contributed by atoms with Crippen molar-refractivity contribution in [3.8, 4) is 0 Å². The van der Waals surface area contributed by atoms with Crippen molar-refractivity contribution in [1.82, 2.24) is 0 Å². The minimum Gasteiger partial charge on any atom is -0.294 e. The van der Waals surface area contributed by atoms with E-state index in [1.165, 1.54) is 23.9 Å². The number of hydrogen-bond donors (Lipinski definition) is 0. The first-order valence-corrected chi connectivity index (χ1v) is 4.87. The van der Waals surface area contributed by atoms with Gasteiger partial charge in [0.05, 0.1) is 5.75 Å². The molecule has 0 atom stereocenters. The van der Waals surface area contributed by atoms with Gasteiger partial charge >= 0.3 is 0 Å². The van der Waals surface area contributed by atoms with Crippen LogP contribution in [0.25, 0.3) is 4.91 Å². The Morgan fingerprint density at radius 2 is 1.92 bits per heavy atom. The maximum Gasteiger partial charge on any atom is 0.167 e. The van der Waals surface area contributed by atoms with Crippen molar-refractivity contribution in [2.45, 2.75) is 0 Å². The SMILES string of the molecule is O=C1C=C(c2ccc(F)cc2)SC1. The van der Waals surface area contributed by atoms with E-state index < -0.39 is 0 Å². The summed E-state index contributed by atoms with van der Waals surface area (Å²) in [5, 5.41) is 0. The number of ketones is 1. The molecule has 1 aromatic rings. The third kappa shape index (κ3) is 1.80. The van der Waals surface area contributed by atoms with Crippen LogP contribution in [0.2, 0.25) is 0 Å². The van der Waals surface area contributed by atoms with Crippen LogP contribution >= 0.6 is 11.8 Å². The van der Waals surface area contributed by atoms with E-state index in [2.05, 4.69) is 0 Å². The van der Waals surface area contributed by atoms with Crippen LogP contribution in [0.4, 0.5) is 4.39 Å². The number of halogens is 1. The Morgan fingerprint density at radius 1 is 1.23 bits per heavy atom. The fraction of sp³-hybridized carbons (Fsp3) is 0.100. The molecule has 13 heavy (non-hydrogen) atoms. The van der Waals surface area contributed by atoms with Gasteiger partial charge in [-0.25, -0.2) is 4.39 Å². The lowest BCUT2D eigenvalue weighted by molar-refractivity contribution is -0.112. The molecule has 0 amide bonds. The Bertz CT molecular complexity index is 367. The van der Waals surface area contributed by atoms with Crippen molar-refractivity contribution < 1.29 is 9.18 Å². The highest BCUT2D eigenvalue weighted by molar-refractivity contribution is 8.09. The molecule has 1 heterocycles. The normalized spacial score (nSPS) is 16.1. The summed E-state index contributed by atoms with van der Waals surface area (Å²) in [4.78, 5) is 11.9. The number of allylic oxidation sites excluding steroid dienone is 1. The van der Waals surface area contributed by atoms with E-state index in [0.717, 1.165) is 10.5 Å². The van der Waals surface area contributed by atoms with Crippen molar-refractivity contribution in [2.24, 2.45) is 0 Å². The summed E-state index contributed by atoms with van der Waals surface area (Å²) in [7, 11) is 0. The monoisotopic (exact) mass is 194 g/mol. The van der Waals surface area contributed by atoms with Crippen LogP contribution in [0.15, 0.2) is 30.3 Å². The Labute approximate surface area is 79.6 Å². The van der Waals surface area contributed by atoms with Gasteiger partial charge in [0.1, 0.15) is 5.82 Å². The summed E-state index contributed by atoms with van der Waals surface area (Å²) in [6.07, 6.45) is 1.61. The van der Waals surface area contributed by atoms with Crippen LogP contribution in [0, 0.1) is 5.82 Å². The first-order chi connectivity index (χ1) is 6.25. The summed E-state index contributed by atoms with van der Waals surface area (Å²) in [6.45, 7) is 0. The first kappa shape index (κ1) is 8.51. The van der Waals surface area contributed by atoms with E-state index in [9.17, 15) is 9.18 Å².